The number of fused-ring (bicyclic) bond motifs is 6. The summed E-state index contributed by atoms with van der Waals surface area (Å²) in [5, 5.41) is 4.93. The lowest BCUT2D eigenvalue weighted by atomic mass is 9.80. The molecule has 1 aliphatic rings. The van der Waals surface area contributed by atoms with E-state index in [4.69, 9.17) is 10.7 Å². The number of aliphatic imine (C=N–C) groups is 1. The number of hydrogen-bond acceptors (Lipinski definition) is 1. The molecular weight excluding hydrogens is 713 g/mol. The van der Waals surface area contributed by atoms with Crippen LogP contribution in [0.2, 0.25) is 0 Å². The number of hydrogen-bond donors (Lipinski definition) is 1. The maximum Gasteiger partial charge on any atom is 0.131 e. The molecule has 0 unspecified atom stereocenters. The molecule has 9 aromatic carbocycles. The minimum atomic E-state index is -0.142. The van der Waals surface area contributed by atoms with Crippen LogP contribution in [0.1, 0.15) is 41.7 Å². The molecule has 0 heterocycles. The van der Waals surface area contributed by atoms with Crippen molar-refractivity contribution in [3.8, 4) is 44.5 Å². The quantitative estimate of drug-likeness (QED) is 0.122. The summed E-state index contributed by atoms with van der Waals surface area (Å²) in [6.45, 7) is 4.75. The van der Waals surface area contributed by atoms with E-state index in [9.17, 15) is 0 Å². The highest BCUT2D eigenvalue weighted by Gasteiger charge is 2.38. The van der Waals surface area contributed by atoms with Crippen LogP contribution < -0.4 is 5.73 Å². The van der Waals surface area contributed by atoms with Crippen molar-refractivity contribution >= 4 is 33.1 Å². The summed E-state index contributed by atoms with van der Waals surface area (Å²) in [7, 11) is 0. The Hall–Kier alpha value is -7.29. The first-order valence-corrected chi connectivity index (χ1v) is 20.5. The summed E-state index contributed by atoms with van der Waals surface area (Å²) >= 11 is 0. The van der Waals surface area contributed by atoms with Gasteiger partial charge in [-0.2, -0.15) is 0 Å². The van der Waals surface area contributed by atoms with Crippen molar-refractivity contribution in [3.05, 3.63) is 234 Å². The average Bonchev–Trinajstić information content (AvgIpc) is 3.54. The molecule has 59 heavy (non-hydrogen) atoms. The van der Waals surface area contributed by atoms with Crippen molar-refractivity contribution in [3.63, 3.8) is 0 Å². The van der Waals surface area contributed by atoms with Crippen LogP contribution in [0.15, 0.2) is 211 Å². The van der Waals surface area contributed by atoms with Crippen LogP contribution in [0.5, 0.6) is 0 Å². The summed E-state index contributed by atoms with van der Waals surface area (Å²) in [6.07, 6.45) is 2.93. The topological polar surface area (TPSA) is 38.4 Å². The monoisotopic (exact) mass is 756 g/mol. The Morgan fingerprint density at radius 2 is 1.12 bits per heavy atom. The zero-order valence-electron chi connectivity index (χ0n) is 33.4. The molecule has 0 bridgehead atoms. The second-order valence-electron chi connectivity index (χ2n) is 16.1. The van der Waals surface area contributed by atoms with Gasteiger partial charge in [-0.3, -0.25) is 0 Å². The Kier molecular flexibility index (Phi) is 9.11. The van der Waals surface area contributed by atoms with Gasteiger partial charge in [0.2, 0.25) is 0 Å². The van der Waals surface area contributed by atoms with Gasteiger partial charge in [0.05, 0.1) is 5.70 Å². The average molecular weight is 757 g/mol. The van der Waals surface area contributed by atoms with E-state index in [1.54, 1.807) is 0 Å². The number of benzene rings is 9. The highest BCUT2D eigenvalue weighted by Crippen LogP contribution is 2.55. The maximum absolute atomic E-state index is 6.94. The molecule has 0 spiro atoms. The molecule has 1 aliphatic carbocycles. The summed E-state index contributed by atoms with van der Waals surface area (Å²) in [4.78, 5) is 5.26. The maximum atomic E-state index is 6.94. The van der Waals surface area contributed by atoms with E-state index in [-0.39, 0.29) is 5.41 Å². The van der Waals surface area contributed by atoms with Gasteiger partial charge in [0.25, 0.3) is 0 Å². The number of nitrogens with zero attached hydrogens (tertiary/aromatic N) is 1. The number of rotatable bonds is 8. The highest BCUT2D eigenvalue weighted by atomic mass is 14.9. The van der Waals surface area contributed by atoms with Crippen molar-refractivity contribution in [1.82, 2.24) is 0 Å². The molecule has 0 atom stereocenters. The van der Waals surface area contributed by atoms with Gasteiger partial charge in [-0.05, 0) is 89.2 Å². The van der Waals surface area contributed by atoms with Gasteiger partial charge in [0.15, 0.2) is 0 Å². The molecule has 0 amide bonds. The van der Waals surface area contributed by atoms with Crippen LogP contribution in [0.4, 0.5) is 0 Å². The van der Waals surface area contributed by atoms with Crippen LogP contribution in [0.3, 0.4) is 0 Å². The molecule has 9 aromatic rings. The van der Waals surface area contributed by atoms with Crippen molar-refractivity contribution in [2.75, 3.05) is 0 Å². The number of nitrogens with two attached hydrogens (primary N) is 1. The van der Waals surface area contributed by atoms with Crippen molar-refractivity contribution in [2.45, 2.75) is 25.7 Å². The van der Waals surface area contributed by atoms with Crippen LogP contribution in [-0.4, -0.2) is 5.84 Å². The Morgan fingerprint density at radius 1 is 0.508 bits per heavy atom. The molecule has 2 N–H and O–H groups in total. The fourth-order valence-electron chi connectivity index (χ4n) is 9.23. The van der Waals surface area contributed by atoms with E-state index in [0.717, 1.165) is 27.8 Å². The first-order chi connectivity index (χ1) is 28.9. The van der Waals surface area contributed by atoms with Gasteiger partial charge < -0.3 is 5.73 Å². The Labute approximate surface area is 346 Å². The third kappa shape index (κ3) is 6.53. The molecule has 0 saturated heterocycles. The fourth-order valence-corrected chi connectivity index (χ4v) is 9.23. The van der Waals surface area contributed by atoms with Gasteiger partial charge in [-0.25, -0.2) is 4.99 Å². The minimum Gasteiger partial charge on any atom is -0.383 e. The Morgan fingerprint density at radius 3 is 1.88 bits per heavy atom. The normalized spacial score (nSPS) is 13.4. The molecule has 0 aromatic heterocycles. The largest absolute Gasteiger partial charge is 0.383 e. The predicted molar refractivity (Wildman–Crippen MR) is 251 cm³/mol. The summed E-state index contributed by atoms with van der Waals surface area (Å²) in [5.74, 6) is 0.481. The van der Waals surface area contributed by atoms with Gasteiger partial charge in [-0.15, -0.1) is 0 Å². The smallest absolute Gasteiger partial charge is 0.131 e. The van der Waals surface area contributed by atoms with E-state index >= 15 is 0 Å². The Bertz CT molecular complexity index is 3080. The number of amidine groups is 1. The van der Waals surface area contributed by atoms with Gasteiger partial charge in [0, 0.05) is 16.5 Å². The molecule has 2 nitrogen and oxygen atoms in total. The summed E-state index contributed by atoms with van der Waals surface area (Å²) < 4.78 is 0. The third-order valence-corrected chi connectivity index (χ3v) is 12.1. The van der Waals surface area contributed by atoms with Crippen LogP contribution >= 0.6 is 0 Å². The van der Waals surface area contributed by atoms with Crippen LogP contribution in [-0.2, 0) is 11.8 Å². The van der Waals surface area contributed by atoms with Gasteiger partial charge in [-0.1, -0.05) is 220 Å². The molecule has 0 fully saturated rings. The summed E-state index contributed by atoms with van der Waals surface area (Å²) in [5.41, 5.74) is 23.4. The van der Waals surface area contributed by atoms with E-state index in [0.29, 0.717) is 12.3 Å². The highest BCUT2D eigenvalue weighted by molar-refractivity contribution is 6.09. The van der Waals surface area contributed by atoms with E-state index < -0.39 is 0 Å². The molecule has 282 valence electrons. The lowest BCUT2D eigenvalue weighted by Gasteiger charge is -2.23. The second kappa shape index (κ2) is 14.9. The van der Waals surface area contributed by atoms with E-state index in [1.807, 2.05) is 6.07 Å². The first kappa shape index (κ1) is 36.1. The second-order valence-corrected chi connectivity index (χ2v) is 16.1. The van der Waals surface area contributed by atoms with Crippen LogP contribution in [0, 0.1) is 0 Å². The standard InChI is InChI=1S/C57H44N2/c1-57(2)52-26-14-25-50(54(52)51-33-32-42-20-9-10-22-45(42)55(51)57)48-34-35-49(47-24-12-11-23-46(47)48)53(36-27-38-15-13-21-44(37-38)40-18-7-4-8-19-40)59-56(58)43-30-28-41(29-31-43)39-16-5-3-6-17-39/h3-26,28-37H,27H2,1-2H3,(H2,58,59)/b53-36-. The fraction of sp³-hybridized carbons (Fsp3) is 0.0702. The lowest BCUT2D eigenvalue weighted by molar-refractivity contribution is 0.666. The van der Waals surface area contributed by atoms with Gasteiger partial charge >= 0.3 is 0 Å². The zero-order valence-corrected chi connectivity index (χ0v) is 33.4. The number of allylic oxidation sites excluding steroid dienone is 1. The first-order valence-electron chi connectivity index (χ1n) is 20.5. The van der Waals surface area contributed by atoms with Crippen molar-refractivity contribution in [1.29, 1.82) is 0 Å². The zero-order chi connectivity index (χ0) is 39.9. The SMILES string of the molecule is CC1(C)c2cccc(-c3ccc(/C(=C/Cc4cccc(-c5ccccc5)c4)N=C(N)c4ccc(-c5ccccc5)cc4)c4ccccc34)c2-c2ccc3ccccc3c21. The van der Waals surface area contributed by atoms with Crippen LogP contribution in [0.25, 0.3) is 71.7 Å². The molecule has 0 saturated carbocycles. The molecule has 0 aliphatic heterocycles. The molecule has 2 heteroatoms. The van der Waals surface area contributed by atoms with Crippen molar-refractivity contribution in [2.24, 2.45) is 10.7 Å². The predicted octanol–water partition coefficient (Wildman–Crippen LogP) is 14.3. The van der Waals surface area contributed by atoms with E-state index in [2.05, 4.69) is 214 Å². The molecule has 0 radical (unpaired) electrons. The van der Waals surface area contributed by atoms with E-state index in [1.165, 1.54) is 71.8 Å². The third-order valence-electron chi connectivity index (χ3n) is 12.1. The molecular formula is C57H44N2. The lowest BCUT2D eigenvalue weighted by Crippen LogP contribution is -2.15. The summed E-state index contributed by atoms with van der Waals surface area (Å²) in [6, 6.07) is 71.7. The van der Waals surface area contributed by atoms with Crippen molar-refractivity contribution < 1.29 is 0 Å². The molecule has 10 rings (SSSR count). The minimum absolute atomic E-state index is 0.142. The van der Waals surface area contributed by atoms with Gasteiger partial charge in [0.1, 0.15) is 5.84 Å². The Balaban J connectivity index is 1.11.